The zero-order chi connectivity index (χ0) is 27.4. The van der Waals surface area contributed by atoms with Crippen molar-refractivity contribution < 1.29 is 9.53 Å². The Morgan fingerprint density at radius 1 is 1.03 bits per heavy atom. The third-order valence-corrected chi connectivity index (χ3v) is 7.65. The number of hydrogen-bond donors (Lipinski definition) is 1. The average molecular weight is 526 g/mol. The first-order valence-corrected chi connectivity index (χ1v) is 14.0. The highest BCUT2D eigenvalue weighted by molar-refractivity contribution is 5.98. The maximum Gasteiger partial charge on any atom is 0.181 e. The minimum Gasteiger partial charge on any atom is -0.494 e. The normalized spacial score (nSPS) is 14.7. The van der Waals surface area contributed by atoms with Gasteiger partial charge in [-0.2, -0.15) is 5.10 Å². The van der Waals surface area contributed by atoms with Crippen LogP contribution < -0.4 is 4.74 Å². The Morgan fingerprint density at radius 3 is 2.64 bits per heavy atom. The predicted molar refractivity (Wildman–Crippen MR) is 157 cm³/mol. The highest BCUT2D eigenvalue weighted by Crippen LogP contribution is 2.27. The number of likely N-dealkylation sites (N-methyl/N-ethyl adjacent to an activating group) is 1. The predicted octanol–water partition coefficient (Wildman–Crippen LogP) is 5.25. The quantitative estimate of drug-likeness (QED) is 0.225. The fourth-order valence-corrected chi connectivity index (χ4v) is 5.25. The number of carbonyl (C=O) groups is 1. The molecule has 2 aromatic carbocycles. The van der Waals surface area contributed by atoms with Crippen LogP contribution in [0.15, 0.2) is 48.5 Å². The lowest BCUT2D eigenvalue weighted by molar-refractivity contribution is 0.0992. The summed E-state index contributed by atoms with van der Waals surface area (Å²) in [5.41, 5.74) is 7.51. The number of piperazine rings is 1. The summed E-state index contributed by atoms with van der Waals surface area (Å²) >= 11 is 0. The van der Waals surface area contributed by atoms with Gasteiger partial charge in [0, 0.05) is 61.4 Å². The molecule has 0 unspecified atom stereocenters. The lowest BCUT2D eigenvalue weighted by Crippen LogP contribution is -2.44. The van der Waals surface area contributed by atoms with Crippen molar-refractivity contribution in [2.24, 2.45) is 0 Å². The number of pyridine rings is 1. The van der Waals surface area contributed by atoms with Crippen LogP contribution in [0, 0.1) is 13.8 Å². The Bertz CT molecular complexity index is 1450. The molecule has 0 radical (unpaired) electrons. The third-order valence-electron chi connectivity index (χ3n) is 7.65. The Balaban J connectivity index is 1.24. The van der Waals surface area contributed by atoms with Gasteiger partial charge < -0.3 is 14.5 Å². The minimum absolute atomic E-state index is 0.0825. The highest BCUT2D eigenvalue weighted by Gasteiger charge is 2.15. The van der Waals surface area contributed by atoms with Gasteiger partial charge in [-0.15, -0.1) is 0 Å². The number of aromatic nitrogens is 3. The number of H-pyrrole nitrogens is 1. The highest BCUT2D eigenvalue weighted by atomic mass is 16.5. The second-order valence-electron chi connectivity index (χ2n) is 10.8. The van der Waals surface area contributed by atoms with E-state index in [1.807, 2.05) is 37.3 Å². The summed E-state index contributed by atoms with van der Waals surface area (Å²) in [5, 5.41) is 8.52. The number of aromatic amines is 1. The fourth-order valence-electron chi connectivity index (χ4n) is 5.25. The van der Waals surface area contributed by atoms with Crippen molar-refractivity contribution in [1.29, 1.82) is 0 Å². The lowest BCUT2D eigenvalue weighted by atomic mass is 9.96. The van der Waals surface area contributed by atoms with Gasteiger partial charge in [0.05, 0.1) is 12.3 Å². The van der Waals surface area contributed by atoms with Crippen LogP contribution in [0.2, 0.25) is 0 Å². The second-order valence-corrected chi connectivity index (χ2v) is 10.8. The molecule has 204 valence electrons. The molecule has 1 N–H and O–H groups in total. The summed E-state index contributed by atoms with van der Waals surface area (Å²) in [7, 11) is 2.18. The van der Waals surface area contributed by atoms with Gasteiger partial charge in [0.25, 0.3) is 0 Å². The maximum atomic E-state index is 13.3. The summed E-state index contributed by atoms with van der Waals surface area (Å²) in [6.45, 7) is 12.4. The smallest absolute Gasteiger partial charge is 0.181 e. The number of ether oxygens (including phenoxy) is 1. The number of fused-ring (bicyclic) bond motifs is 1. The summed E-state index contributed by atoms with van der Waals surface area (Å²) in [5.74, 6) is 0.850. The molecule has 4 aromatic rings. The number of nitrogens with zero attached hydrogens (tertiary/aromatic N) is 4. The first-order chi connectivity index (χ1) is 18.9. The van der Waals surface area contributed by atoms with Gasteiger partial charge in [-0.3, -0.25) is 9.89 Å². The number of rotatable bonds is 10. The van der Waals surface area contributed by atoms with E-state index < -0.39 is 0 Å². The summed E-state index contributed by atoms with van der Waals surface area (Å²) < 4.78 is 6.07. The van der Waals surface area contributed by atoms with Crippen LogP contribution >= 0.6 is 0 Å². The van der Waals surface area contributed by atoms with Gasteiger partial charge in [-0.25, -0.2) is 4.98 Å². The lowest BCUT2D eigenvalue weighted by Gasteiger charge is -2.32. The monoisotopic (exact) mass is 525 g/mol. The van der Waals surface area contributed by atoms with Gasteiger partial charge in [0.2, 0.25) is 0 Å². The van der Waals surface area contributed by atoms with E-state index in [2.05, 4.69) is 59.1 Å². The molecule has 0 atom stereocenters. The Kier molecular flexibility index (Phi) is 8.38. The van der Waals surface area contributed by atoms with E-state index in [4.69, 9.17) is 9.72 Å². The molecule has 0 bridgehead atoms. The summed E-state index contributed by atoms with van der Waals surface area (Å²) in [6.07, 6.45) is 2.19. The standard InChI is InChI=1S/C32H39N5O2/c1-5-29-27-9-10-30(33-32(27)35-34-29)28-19-24(8-7-23(28)3)20-31(38)25-17-22(2)18-26(21-25)39-16-6-11-37-14-12-36(4)13-15-37/h7-10,17-19,21H,5-6,11-16,20H2,1-4H3,(H,33,34,35). The minimum atomic E-state index is 0.0825. The zero-order valence-electron chi connectivity index (χ0n) is 23.6. The SMILES string of the molecule is CCc1[nH]nc2nc(-c3cc(CC(=O)c4cc(C)cc(OCCCN5CCN(C)CC5)c4)ccc3C)ccc12. The molecule has 7 nitrogen and oxygen atoms in total. The molecule has 1 saturated heterocycles. The molecular formula is C32H39N5O2. The maximum absolute atomic E-state index is 13.3. The van der Waals surface area contributed by atoms with Crippen molar-refractivity contribution in [3.05, 3.63) is 76.5 Å². The number of hydrogen-bond acceptors (Lipinski definition) is 6. The molecule has 1 aliphatic rings. The molecule has 1 aliphatic heterocycles. The van der Waals surface area contributed by atoms with Crippen LogP contribution in [0.4, 0.5) is 0 Å². The largest absolute Gasteiger partial charge is 0.494 e. The van der Waals surface area contributed by atoms with Crippen molar-refractivity contribution in [3.63, 3.8) is 0 Å². The van der Waals surface area contributed by atoms with E-state index in [1.54, 1.807) is 0 Å². The molecule has 0 amide bonds. The van der Waals surface area contributed by atoms with Crippen LogP contribution in [-0.2, 0) is 12.8 Å². The van der Waals surface area contributed by atoms with Gasteiger partial charge in [0.1, 0.15) is 5.75 Å². The van der Waals surface area contributed by atoms with Crippen LogP contribution in [0.25, 0.3) is 22.3 Å². The number of ketones is 1. The summed E-state index contributed by atoms with van der Waals surface area (Å²) in [6, 6.07) is 16.2. The van der Waals surface area contributed by atoms with Gasteiger partial charge in [0.15, 0.2) is 11.4 Å². The molecule has 1 fully saturated rings. The van der Waals surface area contributed by atoms with Crippen LogP contribution in [0.3, 0.4) is 0 Å². The number of carbonyl (C=O) groups excluding carboxylic acids is 1. The topological polar surface area (TPSA) is 74.3 Å². The molecule has 0 spiro atoms. The van der Waals surface area contributed by atoms with Crippen molar-refractivity contribution in [2.45, 2.75) is 40.0 Å². The van der Waals surface area contributed by atoms with E-state index in [1.165, 1.54) is 0 Å². The van der Waals surface area contributed by atoms with E-state index in [0.717, 1.165) is 96.0 Å². The zero-order valence-corrected chi connectivity index (χ0v) is 23.6. The first kappa shape index (κ1) is 27.0. The average Bonchev–Trinajstić information content (AvgIpc) is 3.35. The van der Waals surface area contributed by atoms with E-state index >= 15 is 0 Å². The Morgan fingerprint density at radius 2 is 1.85 bits per heavy atom. The molecule has 39 heavy (non-hydrogen) atoms. The Hall–Kier alpha value is -3.55. The third kappa shape index (κ3) is 6.54. The second kappa shape index (κ2) is 12.1. The van der Waals surface area contributed by atoms with E-state index in [-0.39, 0.29) is 5.78 Å². The van der Waals surface area contributed by atoms with Crippen molar-refractivity contribution in [1.82, 2.24) is 25.0 Å². The molecule has 0 aliphatic carbocycles. The molecule has 2 aromatic heterocycles. The van der Waals surface area contributed by atoms with Crippen LogP contribution in [-0.4, -0.2) is 77.1 Å². The molecule has 0 saturated carbocycles. The first-order valence-electron chi connectivity index (χ1n) is 14.0. The van der Waals surface area contributed by atoms with Crippen molar-refractivity contribution in [3.8, 4) is 17.0 Å². The van der Waals surface area contributed by atoms with Crippen molar-refractivity contribution in [2.75, 3.05) is 46.4 Å². The molecular weight excluding hydrogens is 486 g/mol. The number of nitrogens with one attached hydrogen (secondary N) is 1. The Labute approximate surface area is 231 Å². The summed E-state index contributed by atoms with van der Waals surface area (Å²) in [4.78, 5) is 23.0. The van der Waals surface area contributed by atoms with E-state index in [0.29, 0.717) is 18.6 Å². The molecule has 3 heterocycles. The molecule has 5 rings (SSSR count). The van der Waals surface area contributed by atoms with Crippen LogP contribution in [0.5, 0.6) is 5.75 Å². The fraction of sp³-hybridized carbons (Fsp3) is 0.406. The number of Topliss-reactive ketones (excluding diaryl/α,β-unsaturated/α-hetero) is 1. The number of benzene rings is 2. The van der Waals surface area contributed by atoms with Crippen molar-refractivity contribution >= 4 is 16.8 Å². The van der Waals surface area contributed by atoms with Gasteiger partial charge in [-0.05, 0) is 86.8 Å². The van der Waals surface area contributed by atoms with Gasteiger partial charge in [-0.1, -0.05) is 19.1 Å². The van der Waals surface area contributed by atoms with E-state index in [9.17, 15) is 4.79 Å². The number of aryl methyl sites for hydroxylation is 3. The van der Waals surface area contributed by atoms with Crippen LogP contribution in [0.1, 0.15) is 46.1 Å². The molecule has 7 heteroatoms. The van der Waals surface area contributed by atoms with Gasteiger partial charge >= 0.3 is 0 Å².